The van der Waals surface area contributed by atoms with E-state index in [9.17, 15) is 0 Å². The number of hydrogen-bond acceptors (Lipinski definition) is 4. The Morgan fingerprint density at radius 2 is 2.19 bits per heavy atom. The molecule has 1 aromatic heterocycles. The van der Waals surface area contributed by atoms with Gasteiger partial charge < -0.3 is 10.1 Å². The van der Waals surface area contributed by atoms with Crippen molar-refractivity contribution in [2.75, 3.05) is 19.0 Å². The molecule has 1 saturated carbocycles. The minimum absolute atomic E-state index is 0.450. The molecule has 1 fully saturated rings. The summed E-state index contributed by atoms with van der Waals surface area (Å²) in [5.74, 6) is 2.21. The molecule has 16 heavy (non-hydrogen) atoms. The zero-order valence-corrected chi connectivity index (χ0v) is 10.2. The van der Waals surface area contributed by atoms with E-state index in [1.165, 1.54) is 19.3 Å². The van der Waals surface area contributed by atoms with Crippen LogP contribution in [0.1, 0.15) is 32.0 Å². The van der Waals surface area contributed by atoms with E-state index in [0.29, 0.717) is 11.3 Å². The molecule has 0 bridgehead atoms. The fourth-order valence-electron chi connectivity index (χ4n) is 2.00. The molecule has 0 atom stereocenters. The van der Waals surface area contributed by atoms with Gasteiger partial charge >= 0.3 is 0 Å². The maximum Gasteiger partial charge on any atom is 0.218 e. The van der Waals surface area contributed by atoms with Crippen LogP contribution in [-0.4, -0.2) is 23.6 Å². The average molecular weight is 221 g/mol. The topological polar surface area (TPSA) is 47.0 Å². The van der Waals surface area contributed by atoms with Crippen LogP contribution >= 0.6 is 0 Å². The fourth-order valence-corrected chi connectivity index (χ4v) is 2.00. The summed E-state index contributed by atoms with van der Waals surface area (Å²) >= 11 is 0. The van der Waals surface area contributed by atoms with Gasteiger partial charge in [0.2, 0.25) is 5.88 Å². The number of nitrogens with one attached hydrogen (secondary N) is 1. The second-order valence-electron chi connectivity index (χ2n) is 4.86. The molecule has 0 aliphatic heterocycles. The van der Waals surface area contributed by atoms with Crippen LogP contribution in [0.2, 0.25) is 0 Å². The van der Waals surface area contributed by atoms with Gasteiger partial charge in [0.1, 0.15) is 11.6 Å². The molecule has 0 saturated heterocycles. The van der Waals surface area contributed by atoms with Gasteiger partial charge in [-0.25, -0.2) is 4.98 Å². The fraction of sp³-hybridized carbons (Fsp3) is 0.667. The van der Waals surface area contributed by atoms with E-state index in [-0.39, 0.29) is 0 Å². The van der Waals surface area contributed by atoms with Gasteiger partial charge in [-0.15, -0.1) is 0 Å². The summed E-state index contributed by atoms with van der Waals surface area (Å²) in [4.78, 5) is 8.50. The first kappa shape index (κ1) is 11.2. The Hall–Kier alpha value is -1.32. The average Bonchev–Trinajstić information content (AvgIpc) is 2.23. The quantitative estimate of drug-likeness (QED) is 0.848. The predicted octanol–water partition coefficient (Wildman–Crippen LogP) is 2.40. The molecular formula is C12H19N3O. The number of nitrogens with zero attached hydrogens (tertiary/aromatic N) is 2. The third kappa shape index (κ3) is 2.43. The summed E-state index contributed by atoms with van der Waals surface area (Å²) < 4.78 is 5.12. The van der Waals surface area contributed by atoms with Crippen molar-refractivity contribution >= 4 is 5.82 Å². The number of ether oxygens (including phenoxy) is 1. The summed E-state index contributed by atoms with van der Waals surface area (Å²) in [5, 5.41) is 3.37. The SMILES string of the molecule is COc1cc(NCC2(C)CCC2)nc(C)n1. The minimum atomic E-state index is 0.450. The van der Waals surface area contributed by atoms with Crippen LogP contribution in [-0.2, 0) is 0 Å². The highest BCUT2D eigenvalue weighted by molar-refractivity contribution is 5.38. The molecule has 0 spiro atoms. The van der Waals surface area contributed by atoms with Crippen molar-refractivity contribution < 1.29 is 4.74 Å². The molecule has 0 radical (unpaired) electrons. The second-order valence-corrected chi connectivity index (χ2v) is 4.86. The standard InChI is InChI=1S/C12H19N3O/c1-9-14-10(7-11(15-9)16-3)13-8-12(2)5-4-6-12/h7H,4-6,8H2,1-3H3,(H,13,14,15). The van der Waals surface area contributed by atoms with Gasteiger partial charge in [0.15, 0.2) is 0 Å². The van der Waals surface area contributed by atoms with E-state index in [1.807, 2.05) is 13.0 Å². The Balaban J connectivity index is 2.00. The first-order chi connectivity index (χ1) is 7.61. The summed E-state index contributed by atoms with van der Waals surface area (Å²) in [5.41, 5.74) is 0.450. The van der Waals surface area contributed by atoms with Crippen molar-refractivity contribution in [2.24, 2.45) is 5.41 Å². The Kier molecular flexibility index (Phi) is 2.99. The van der Waals surface area contributed by atoms with E-state index in [1.54, 1.807) is 7.11 Å². The first-order valence-corrected chi connectivity index (χ1v) is 5.75. The van der Waals surface area contributed by atoms with E-state index in [0.717, 1.165) is 18.2 Å². The Labute approximate surface area is 96.4 Å². The molecule has 1 aliphatic rings. The highest BCUT2D eigenvalue weighted by Crippen LogP contribution is 2.40. The van der Waals surface area contributed by atoms with Crippen molar-refractivity contribution in [2.45, 2.75) is 33.1 Å². The number of methoxy groups -OCH3 is 1. The van der Waals surface area contributed by atoms with Crippen molar-refractivity contribution in [3.05, 3.63) is 11.9 Å². The number of aryl methyl sites for hydroxylation is 1. The predicted molar refractivity (Wildman–Crippen MR) is 63.8 cm³/mol. The van der Waals surface area contributed by atoms with Crippen LogP contribution in [0.15, 0.2) is 6.07 Å². The van der Waals surface area contributed by atoms with Crippen molar-refractivity contribution in [1.82, 2.24) is 9.97 Å². The molecule has 4 heteroatoms. The van der Waals surface area contributed by atoms with Gasteiger partial charge in [-0.1, -0.05) is 13.3 Å². The molecule has 1 aromatic rings. The monoisotopic (exact) mass is 221 g/mol. The summed E-state index contributed by atoms with van der Waals surface area (Å²) in [6, 6.07) is 1.84. The van der Waals surface area contributed by atoms with Gasteiger partial charge in [-0.05, 0) is 25.2 Å². The van der Waals surface area contributed by atoms with Crippen molar-refractivity contribution in [3.63, 3.8) is 0 Å². The smallest absolute Gasteiger partial charge is 0.218 e. The minimum Gasteiger partial charge on any atom is -0.481 e. The number of rotatable bonds is 4. The van der Waals surface area contributed by atoms with Crippen LogP contribution in [0, 0.1) is 12.3 Å². The molecule has 1 N–H and O–H groups in total. The maximum absolute atomic E-state index is 5.12. The molecule has 1 heterocycles. The number of aromatic nitrogens is 2. The van der Waals surface area contributed by atoms with Gasteiger partial charge in [0.25, 0.3) is 0 Å². The second kappa shape index (κ2) is 4.28. The molecule has 0 unspecified atom stereocenters. The highest BCUT2D eigenvalue weighted by atomic mass is 16.5. The van der Waals surface area contributed by atoms with E-state index in [4.69, 9.17) is 4.74 Å². The first-order valence-electron chi connectivity index (χ1n) is 5.75. The van der Waals surface area contributed by atoms with Gasteiger partial charge in [0, 0.05) is 12.6 Å². The summed E-state index contributed by atoms with van der Waals surface area (Å²) in [7, 11) is 1.62. The molecule has 0 amide bonds. The Bertz CT molecular complexity index is 375. The molecule has 1 aliphatic carbocycles. The summed E-state index contributed by atoms with van der Waals surface area (Å²) in [6.07, 6.45) is 3.96. The lowest BCUT2D eigenvalue weighted by Gasteiger charge is -2.38. The third-order valence-corrected chi connectivity index (χ3v) is 3.28. The largest absolute Gasteiger partial charge is 0.481 e. The van der Waals surface area contributed by atoms with Crippen molar-refractivity contribution in [1.29, 1.82) is 0 Å². The number of anilines is 1. The van der Waals surface area contributed by atoms with Gasteiger partial charge in [-0.3, -0.25) is 0 Å². The van der Waals surface area contributed by atoms with E-state index >= 15 is 0 Å². The Morgan fingerprint density at radius 1 is 1.44 bits per heavy atom. The highest BCUT2D eigenvalue weighted by Gasteiger charge is 2.31. The van der Waals surface area contributed by atoms with Crippen LogP contribution in [0.4, 0.5) is 5.82 Å². The lowest BCUT2D eigenvalue weighted by molar-refractivity contribution is 0.180. The van der Waals surface area contributed by atoms with Gasteiger partial charge in [-0.2, -0.15) is 4.98 Å². The molecule has 88 valence electrons. The van der Waals surface area contributed by atoms with Gasteiger partial charge in [0.05, 0.1) is 7.11 Å². The zero-order chi connectivity index (χ0) is 11.6. The zero-order valence-electron chi connectivity index (χ0n) is 10.2. The third-order valence-electron chi connectivity index (χ3n) is 3.28. The van der Waals surface area contributed by atoms with Crippen LogP contribution in [0.25, 0.3) is 0 Å². The van der Waals surface area contributed by atoms with Crippen LogP contribution in [0.3, 0.4) is 0 Å². The van der Waals surface area contributed by atoms with Crippen LogP contribution in [0.5, 0.6) is 5.88 Å². The summed E-state index contributed by atoms with van der Waals surface area (Å²) in [6.45, 7) is 5.17. The van der Waals surface area contributed by atoms with E-state index in [2.05, 4.69) is 22.2 Å². The lowest BCUT2D eigenvalue weighted by Crippen LogP contribution is -2.33. The van der Waals surface area contributed by atoms with Crippen molar-refractivity contribution in [3.8, 4) is 5.88 Å². The number of hydrogen-bond donors (Lipinski definition) is 1. The molecule has 0 aromatic carbocycles. The van der Waals surface area contributed by atoms with Crippen LogP contribution < -0.4 is 10.1 Å². The normalized spacial score (nSPS) is 17.7. The van der Waals surface area contributed by atoms with E-state index < -0.39 is 0 Å². The Morgan fingerprint density at radius 3 is 2.75 bits per heavy atom. The maximum atomic E-state index is 5.12. The lowest BCUT2D eigenvalue weighted by atomic mass is 9.70. The molecule has 4 nitrogen and oxygen atoms in total. The molecular weight excluding hydrogens is 202 g/mol. The molecule has 2 rings (SSSR count).